The van der Waals surface area contributed by atoms with E-state index in [2.05, 4.69) is 5.32 Å². The molecular formula is C16H24N2O5S. The Bertz CT molecular complexity index is 637. The topological polar surface area (TPSA) is 84.9 Å². The monoisotopic (exact) mass is 356 g/mol. The molecule has 1 saturated heterocycles. The Morgan fingerprint density at radius 3 is 2.46 bits per heavy atom. The number of nitrogens with zero attached hydrogens (tertiary/aromatic N) is 1. The van der Waals surface area contributed by atoms with Crippen molar-refractivity contribution >= 4 is 15.9 Å². The average molecular weight is 356 g/mol. The Hall–Kier alpha value is -1.48. The first-order valence-corrected chi connectivity index (χ1v) is 9.43. The maximum Gasteiger partial charge on any atom is 0.251 e. The van der Waals surface area contributed by atoms with E-state index in [0.717, 1.165) is 0 Å². The Kier molecular flexibility index (Phi) is 6.73. The summed E-state index contributed by atoms with van der Waals surface area (Å²) in [5.74, 6) is -0.252. The third-order valence-corrected chi connectivity index (χ3v) is 5.48. The number of amides is 1. The maximum absolute atomic E-state index is 12.5. The summed E-state index contributed by atoms with van der Waals surface area (Å²) in [4.78, 5) is 12.2. The first-order valence-electron chi connectivity index (χ1n) is 7.99. The predicted molar refractivity (Wildman–Crippen MR) is 89.4 cm³/mol. The zero-order valence-electron chi connectivity index (χ0n) is 14.0. The highest BCUT2D eigenvalue weighted by Crippen LogP contribution is 2.17. The number of hydrogen-bond donors (Lipinski definition) is 1. The Morgan fingerprint density at radius 2 is 1.88 bits per heavy atom. The highest BCUT2D eigenvalue weighted by Gasteiger charge is 2.26. The molecule has 1 aromatic rings. The van der Waals surface area contributed by atoms with E-state index in [4.69, 9.17) is 9.47 Å². The van der Waals surface area contributed by atoms with Gasteiger partial charge in [-0.1, -0.05) is 0 Å². The molecule has 24 heavy (non-hydrogen) atoms. The van der Waals surface area contributed by atoms with Gasteiger partial charge in [0.2, 0.25) is 10.0 Å². The number of morpholine rings is 1. The van der Waals surface area contributed by atoms with Gasteiger partial charge < -0.3 is 14.8 Å². The summed E-state index contributed by atoms with van der Waals surface area (Å²) in [6, 6.07) is 5.96. The zero-order valence-corrected chi connectivity index (χ0v) is 14.8. The highest BCUT2D eigenvalue weighted by atomic mass is 32.2. The lowest BCUT2D eigenvalue weighted by molar-refractivity contribution is 0.0730. The van der Waals surface area contributed by atoms with Crippen molar-refractivity contribution in [1.29, 1.82) is 0 Å². The molecule has 0 aliphatic carbocycles. The van der Waals surface area contributed by atoms with Gasteiger partial charge in [-0.2, -0.15) is 4.31 Å². The quantitative estimate of drug-likeness (QED) is 0.733. The lowest BCUT2D eigenvalue weighted by Crippen LogP contribution is -2.40. The standard InChI is InChI=1S/C16H24N2O5S/c1-13(2)23-10-7-17-16(19)14-3-5-15(6-4-14)24(20,21)18-8-11-22-12-9-18/h3-6,13H,7-12H2,1-2H3,(H,17,19). The fourth-order valence-corrected chi connectivity index (χ4v) is 3.68. The molecule has 0 radical (unpaired) electrons. The van der Waals surface area contributed by atoms with Gasteiger partial charge in [0.1, 0.15) is 0 Å². The van der Waals surface area contributed by atoms with E-state index in [-0.39, 0.29) is 16.9 Å². The summed E-state index contributed by atoms with van der Waals surface area (Å²) >= 11 is 0. The molecule has 0 unspecified atom stereocenters. The smallest absolute Gasteiger partial charge is 0.251 e. The van der Waals surface area contributed by atoms with E-state index in [0.29, 0.717) is 45.0 Å². The zero-order chi connectivity index (χ0) is 17.6. The molecule has 1 aromatic carbocycles. The number of benzene rings is 1. The van der Waals surface area contributed by atoms with Crippen LogP contribution in [-0.4, -0.2) is 64.2 Å². The molecule has 0 aromatic heterocycles. The number of rotatable bonds is 7. The summed E-state index contributed by atoms with van der Waals surface area (Å²) in [5.41, 5.74) is 0.417. The lowest BCUT2D eigenvalue weighted by atomic mass is 10.2. The number of ether oxygens (including phenoxy) is 2. The van der Waals surface area contributed by atoms with Crippen molar-refractivity contribution in [3.8, 4) is 0 Å². The molecule has 1 aliphatic rings. The first-order chi connectivity index (χ1) is 11.4. The summed E-state index contributed by atoms with van der Waals surface area (Å²) in [5, 5.41) is 2.74. The van der Waals surface area contributed by atoms with Gasteiger partial charge in [0, 0.05) is 25.2 Å². The van der Waals surface area contributed by atoms with Gasteiger partial charge in [-0.3, -0.25) is 4.79 Å². The van der Waals surface area contributed by atoms with Crippen molar-refractivity contribution in [2.75, 3.05) is 39.5 Å². The number of carbonyl (C=O) groups is 1. The van der Waals surface area contributed by atoms with E-state index >= 15 is 0 Å². The molecule has 0 bridgehead atoms. The third kappa shape index (κ3) is 5.01. The summed E-state index contributed by atoms with van der Waals surface area (Å²) in [7, 11) is -3.53. The normalized spacial score (nSPS) is 16.3. The van der Waals surface area contributed by atoms with Crippen LogP contribution in [0.3, 0.4) is 0 Å². The molecule has 7 nitrogen and oxygen atoms in total. The fourth-order valence-electron chi connectivity index (χ4n) is 2.28. The van der Waals surface area contributed by atoms with E-state index < -0.39 is 10.0 Å². The molecule has 1 amide bonds. The van der Waals surface area contributed by atoms with Crippen molar-refractivity contribution in [3.05, 3.63) is 29.8 Å². The van der Waals surface area contributed by atoms with Gasteiger partial charge in [0.05, 0.1) is 30.8 Å². The van der Waals surface area contributed by atoms with Crippen LogP contribution in [0.1, 0.15) is 24.2 Å². The molecule has 1 N–H and O–H groups in total. The Labute approximate surface area is 143 Å². The Morgan fingerprint density at radius 1 is 1.25 bits per heavy atom. The minimum atomic E-state index is -3.53. The maximum atomic E-state index is 12.5. The minimum Gasteiger partial charge on any atom is -0.379 e. The van der Waals surface area contributed by atoms with Crippen LogP contribution in [0.2, 0.25) is 0 Å². The van der Waals surface area contributed by atoms with Crippen LogP contribution in [0, 0.1) is 0 Å². The van der Waals surface area contributed by atoms with Crippen molar-refractivity contribution in [2.45, 2.75) is 24.8 Å². The van der Waals surface area contributed by atoms with Crippen LogP contribution >= 0.6 is 0 Å². The second-order valence-electron chi connectivity index (χ2n) is 5.72. The molecule has 0 atom stereocenters. The van der Waals surface area contributed by atoms with Crippen molar-refractivity contribution < 1.29 is 22.7 Å². The summed E-state index contributed by atoms with van der Waals surface area (Å²) in [6.45, 7) is 6.19. The van der Waals surface area contributed by atoms with Crippen LogP contribution in [0.25, 0.3) is 0 Å². The van der Waals surface area contributed by atoms with E-state index in [1.54, 1.807) is 0 Å². The van der Waals surface area contributed by atoms with Crippen LogP contribution in [0.5, 0.6) is 0 Å². The molecule has 0 spiro atoms. The van der Waals surface area contributed by atoms with Crippen molar-refractivity contribution in [1.82, 2.24) is 9.62 Å². The van der Waals surface area contributed by atoms with Crippen molar-refractivity contribution in [3.63, 3.8) is 0 Å². The van der Waals surface area contributed by atoms with E-state index in [9.17, 15) is 13.2 Å². The Balaban J connectivity index is 1.95. The molecule has 134 valence electrons. The van der Waals surface area contributed by atoms with Gasteiger partial charge in [-0.05, 0) is 38.1 Å². The number of sulfonamides is 1. The molecule has 8 heteroatoms. The first kappa shape index (κ1) is 18.9. The van der Waals surface area contributed by atoms with E-state index in [1.807, 2.05) is 13.8 Å². The van der Waals surface area contributed by atoms with Crippen LogP contribution < -0.4 is 5.32 Å². The predicted octanol–water partition coefficient (Wildman–Crippen LogP) is 0.862. The molecule has 1 fully saturated rings. The summed E-state index contributed by atoms with van der Waals surface area (Å²) in [6.07, 6.45) is 0.117. The van der Waals surface area contributed by atoms with Gasteiger partial charge in [-0.15, -0.1) is 0 Å². The van der Waals surface area contributed by atoms with Gasteiger partial charge >= 0.3 is 0 Å². The number of carbonyl (C=O) groups excluding carboxylic acids is 1. The molecule has 1 heterocycles. The van der Waals surface area contributed by atoms with E-state index in [1.165, 1.54) is 28.6 Å². The molecule has 2 rings (SSSR count). The number of hydrogen-bond acceptors (Lipinski definition) is 5. The SMILES string of the molecule is CC(C)OCCNC(=O)c1ccc(S(=O)(=O)N2CCOCC2)cc1. The van der Waals surface area contributed by atoms with Gasteiger partial charge in [0.15, 0.2) is 0 Å². The number of nitrogens with one attached hydrogen (secondary N) is 1. The van der Waals surface area contributed by atoms with Gasteiger partial charge in [0.25, 0.3) is 5.91 Å². The second-order valence-corrected chi connectivity index (χ2v) is 7.65. The van der Waals surface area contributed by atoms with Crippen LogP contribution in [0.15, 0.2) is 29.2 Å². The molecular weight excluding hydrogens is 332 g/mol. The van der Waals surface area contributed by atoms with Crippen molar-refractivity contribution in [2.24, 2.45) is 0 Å². The second kappa shape index (κ2) is 8.57. The molecule has 1 aliphatic heterocycles. The third-order valence-electron chi connectivity index (χ3n) is 3.56. The lowest BCUT2D eigenvalue weighted by Gasteiger charge is -2.26. The van der Waals surface area contributed by atoms with Gasteiger partial charge in [-0.25, -0.2) is 8.42 Å². The highest BCUT2D eigenvalue weighted by molar-refractivity contribution is 7.89. The largest absolute Gasteiger partial charge is 0.379 e. The van der Waals surface area contributed by atoms with Crippen LogP contribution in [-0.2, 0) is 19.5 Å². The minimum absolute atomic E-state index is 0.117. The summed E-state index contributed by atoms with van der Waals surface area (Å²) < 4.78 is 36.9. The van der Waals surface area contributed by atoms with Crippen LogP contribution in [0.4, 0.5) is 0 Å². The average Bonchev–Trinajstić information content (AvgIpc) is 2.59. The molecule has 0 saturated carbocycles. The fraction of sp³-hybridized carbons (Fsp3) is 0.562.